The van der Waals surface area contributed by atoms with Crippen molar-refractivity contribution in [3.63, 3.8) is 0 Å². The van der Waals surface area contributed by atoms with Crippen molar-refractivity contribution in [1.29, 1.82) is 0 Å². The zero-order valence-corrected chi connectivity index (χ0v) is 18.9. The van der Waals surface area contributed by atoms with Crippen molar-refractivity contribution < 1.29 is 9.53 Å². The van der Waals surface area contributed by atoms with Crippen LogP contribution in [0.15, 0.2) is 71.1 Å². The first-order chi connectivity index (χ1) is 15.5. The van der Waals surface area contributed by atoms with E-state index in [4.69, 9.17) is 4.74 Å². The maximum Gasteiger partial charge on any atom is 0.279 e. The molecule has 2 aromatic carbocycles. The number of hydrogen-bond donors (Lipinski definition) is 1. The number of benzene rings is 2. The van der Waals surface area contributed by atoms with Crippen LogP contribution in [0.1, 0.15) is 34.6 Å². The minimum atomic E-state index is -0.353. The lowest BCUT2D eigenvalue weighted by Crippen LogP contribution is -2.33. The van der Waals surface area contributed by atoms with Crippen LogP contribution < -0.4 is 15.6 Å². The van der Waals surface area contributed by atoms with Crippen molar-refractivity contribution in [3.8, 4) is 5.75 Å². The largest absolute Gasteiger partial charge is 0.489 e. The number of rotatable bonds is 7. The minimum absolute atomic E-state index is 0.122. The van der Waals surface area contributed by atoms with E-state index in [0.717, 1.165) is 16.9 Å². The molecule has 1 aliphatic heterocycles. The van der Waals surface area contributed by atoms with E-state index in [-0.39, 0.29) is 23.8 Å². The molecule has 0 aliphatic carbocycles. The molecular formula is C25H25N3O3S. The number of thioether (sulfide) groups is 1. The molecule has 0 bridgehead atoms. The fourth-order valence-electron chi connectivity index (χ4n) is 3.81. The van der Waals surface area contributed by atoms with E-state index in [1.165, 1.54) is 17.3 Å². The number of anilines is 1. The van der Waals surface area contributed by atoms with Gasteiger partial charge in [0, 0.05) is 25.1 Å². The Kier molecular flexibility index (Phi) is 6.46. The van der Waals surface area contributed by atoms with Crippen LogP contribution in [-0.4, -0.2) is 21.2 Å². The van der Waals surface area contributed by atoms with Gasteiger partial charge in [-0.2, -0.15) is 4.98 Å². The Balaban J connectivity index is 1.60. The van der Waals surface area contributed by atoms with Gasteiger partial charge in [0.1, 0.15) is 18.2 Å². The van der Waals surface area contributed by atoms with Crippen LogP contribution in [0.3, 0.4) is 0 Å². The molecule has 6 nitrogen and oxygen atoms in total. The normalized spacial score (nSPS) is 15.1. The topological polar surface area (TPSA) is 73.2 Å². The van der Waals surface area contributed by atoms with Gasteiger partial charge in [0.25, 0.3) is 5.56 Å². The third-order valence-corrected chi connectivity index (χ3v) is 6.59. The van der Waals surface area contributed by atoms with Gasteiger partial charge in [-0.25, -0.2) is 0 Å². The summed E-state index contributed by atoms with van der Waals surface area (Å²) in [5.74, 6) is 1.40. The van der Waals surface area contributed by atoms with Gasteiger partial charge in [-0.05, 0) is 35.7 Å². The summed E-state index contributed by atoms with van der Waals surface area (Å²) in [4.78, 5) is 29.6. The first-order valence-electron chi connectivity index (χ1n) is 10.4. The summed E-state index contributed by atoms with van der Waals surface area (Å²) < 4.78 is 7.71. The molecule has 1 atom stereocenters. The Morgan fingerprint density at radius 1 is 1.22 bits per heavy atom. The fourth-order valence-corrected chi connectivity index (χ4v) is 4.51. The molecule has 1 aromatic heterocycles. The highest BCUT2D eigenvalue weighted by atomic mass is 32.2. The number of carbonyl (C=O) groups excluding carboxylic acids is 1. The Morgan fingerprint density at radius 2 is 1.97 bits per heavy atom. The Morgan fingerprint density at radius 3 is 2.69 bits per heavy atom. The monoisotopic (exact) mass is 447 g/mol. The minimum Gasteiger partial charge on any atom is -0.489 e. The van der Waals surface area contributed by atoms with Crippen LogP contribution in [0.4, 0.5) is 5.82 Å². The van der Waals surface area contributed by atoms with E-state index in [1.807, 2.05) is 49.5 Å². The van der Waals surface area contributed by atoms with E-state index in [2.05, 4.69) is 29.9 Å². The van der Waals surface area contributed by atoms with Crippen molar-refractivity contribution in [2.24, 2.45) is 7.05 Å². The summed E-state index contributed by atoms with van der Waals surface area (Å²) in [6.07, 6.45) is 1.95. The molecule has 164 valence electrons. The molecule has 2 heterocycles. The number of nitrogens with one attached hydrogen (secondary N) is 1. The lowest BCUT2D eigenvalue weighted by atomic mass is 9.87. The molecule has 0 radical (unpaired) electrons. The number of aryl methyl sites for hydroxylation is 1. The first-order valence-corrected chi connectivity index (χ1v) is 11.4. The maximum absolute atomic E-state index is 12.9. The number of fused-ring (bicyclic) bond motifs is 1. The Bertz CT molecular complexity index is 1220. The quantitative estimate of drug-likeness (QED) is 0.330. The smallest absolute Gasteiger partial charge is 0.279 e. The van der Waals surface area contributed by atoms with Gasteiger partial charge >= 0.3 is 0 Å². The third kappa shape index (κ3) is 4.48. The molecule has 4 rings (SSSR count). The van der Waals surface area contributed by atoms with Crippen molar-refractivity contribution in [2.75, 3.05) is 11.1 Å². The molecule has 0 saturated carbocycles. The standard InChI is InChI=1S/C25H25N3O3S/c1-4-13-32-25-27-24(30)22-20(14-21(29)26-23(22)28(25)3)17-9-11-19(12-10-17)31-15-18-8-6-5-7-16(18)2/h4-12,20H,1,13-15H2,2-3H3,(H,26,29)/t20-/m1/s1. The Labute approximate surface area is 191 Å². The van der Waals surface area contributed by atoms with E-state index < -0.39 is 0 Å². The van der Waals surface area contributed by atoms with Gasteiger partial charge in [-0.3, -0.25) is 9.59 Å². The number of nitrogens with zero attached hydrogens (tertiary/aromatic N) is 2. The van der Waals surface area contributed by atoms with Crippen molar-refractivity contribution in [3.05, 3.63) is 93.8 Å². The molecule has 0 unspecified atom stereocenters. The second-order valence-corrected chi connectivity index (χ2v) is 8.70. The van der Waals surface area contributed by atoms with Gasteiger partial charge in [-0.15, -0.1) is 6.58 Å². The first kappa shape index (κ1) is 21.9. The molecule has 1 amide bonds. The average molecular weight is 448 g/mol. The second-order valence-electron chi connectivity index (χ2n) is 7.71. The molecule has 1 aliphatic rings. The second kappa shape index (κ2) is 9.44. The average Bonchev–Trinajstić information content (AvgIpc) is 2.79. The zero-order chi connectivity index (χ0) is 22.7. The van der Waals surface area contributed by atoms with Gasteiger partial charge in [0.05, 0.1) is 5.56 Å². The maximum atomic E-state index is 12.9. The fraction of sp³-hybridized carbons (Fsp3) is 0.240. The van der Waals surface area contributed by atoms with E-state index in [0.29, 0.717) is 28.9 Å². The van der Waals surface area contributed by atoms with Crippen molar-refractivity contribution >= 4 is 23.5 Å². The summed E-state index contributed by atoms with van der Waals surface area (Å²) >= 11 is 1.40. The molecule has 3 aromatic rings. The third-order valence-electron chi connectivity index (χ3n) is 5.57. The van der Waals surface area contributed by atoms with Crippen molar-refractivity contribution in [1.82, 2.24) is 9.55 Å². The summed E-state index contributed by atoms with van der Waals surface area (Å²) in [7, 11) is 1.81. The molecule has 0 fully saturated rings. The highest BCUT2D eigenvalue weighted by Crippen LogP contribution is 2.36. The highest BCUT2D eigenvalue weighted by Gasteiger charge is 2.32. The van der Waals surface area contributed by atoms with E-state index >= 15 is 0 Å². The summed E-state index contributed by atoms with van der Waals surface area (Å²) in [5, 5.41) is 3.41. The van der Waals surface area contributed by atoms with Crippen LogP contribution in [0.5, 0.6) is 5.75 Å². The van der Waals surface area contributed by atoms with Crippen LogP contribution in [0, 0.1) is 6.92 Å². The molecule has 0 spiro atoms. The van der Waals surface area contributed by atoms with Crippen LogP contribution >= 0.6 is 11.8 Å². The van der Waals surface area contributed by atoms with Gasteiger partial charge in [0.15, 0.2) is 5.16 Å². The summed E-state index contributed by atoms with van der Waals surface area (Å²) in [6, 6.07) is 15.7. The predicted octanol–water partition coefficient (Wildman–Crippen LogP) is 4.42. The van der Waals surface area contributed by atoms with Crippen LogP contribution in [0.25, 0.3) is 0 Å². The SMILES string of the molecule is C=CCSc1nc(=O)c2c(n1C)NC(=O)C[C@@H]2c1ccc(OCc2ccccc2C)cc1. The number of hydrogen-bond acceptors (Lipinski definition) is 5. The predicted molar refractivity (Wildman–Crippen MR) is 127 cm³/mol. The van der Waals surface area contributed by atoms with Gasteiger partial charge in [0.2, 0.25) is 5.91 Å². The molecule has 0 saturated heterocycles. The molecule has 32 heavy (non-hydrogen) atoms. The van der Waals surface area contributed by atoms with Gasteiger partial charge < -0.3 is 14.6 Å². The highest BCUT2D eigenvalue weighted by molar-refractivity contribution is 7.99. The Hall–Kier alpha value is -3.32. The molecule has 1 N–H and O–H groups in total. The summed E-state index contributed by atoms with van der Waals surface area (Å²) in [5.41, 5.74) is 3.41. The number of carbonyl (C=O) groups is 1. The summed E-state index contributed by atoms with van der Waals surface area (Å²) in [6.45, 7) is 6.25. The zero-order valence-electron chi connectivity index (χ0n) is 18.1. The lowest BCUT2D eigenvalue weighted by molar-refractivity contribution is -0.116. The van der Waals surface area contributed by atoms with Crippen LogP contribution in [0.2, 0.25) is 0 Å². The number of aromatic nitrogens is 2. The lowest BCUT2D eigenvalue weighted by Gasteiger charge is -2.27. The van der Waals surface area contributed by atoms with E-state index in [1.54, 1.807) is 10.6 Å². The van der Waals surface area contributed by atoms with Crippen LogP contribution in [-0.2, 0) is 18.4 Å². The molecule has 7 heteroatoms. The van der Waals surface area contributed by atoms with Gasteiger partial charge in [-0.1, -0.05) is 54.2 Å². The number of ether oxygens (including phenoxy) is 1. The number of amides is 1. The molecular weight excluding hydrogens is 422 g/mol. The van der Waals surface area contributed by atoms with Crippen molar-refractivity contribution in [2.45, 2.75) is 31.0 Å². The van der Waals surface area contributed by atoms with E-state index in [9.17, 15) is 9.59 Å².